The number of aliphatic carboxylic acids is 1. The maximum atomic E-state index is 11.7. The molecule has 0 spiro atoms. The van der Waals surface area contributed by atoms with Crippen LogP contribution in [0.25, 0.3) is 0 Å². The van der Waals surface area contributed by atoms with Crippen LogP contribution in [0.2, 0.25) is 0 Å². The van der Waals surface area contributed by atoms with Crippen molar-refractivity contribution in [3.63, 3.8) is 0 Å². The predicted molar refractivity (Wildman–Crippen MR) is 77.6 cm³/mol. The van der Waals surface area contributed by atoms with Gasteiger partial charge in [0.2, 0.25) is 0 Å². The van der Waals surface area contributed by atoms with E-state index in [0.29, 0.717) is 12.5 Å². The molecule has 116 valence electrons. The first kappa shape index (κ1) is 16.8. The fraction of sp³-hybridized carbons (Fsp3) is 0.857. The summed E-state index contributed by atoms with van der Waals surface area (Å²) < 4.78 is 0. The summed E-state index contributed by atoms with van der Waals surface area (Å²) in [5.74, 6) is -0.636. The van der Waals surface area contributed by atoms with Crippen LogP contribution in [0.4, 0.5) is 4.79 Å². The van der Waals surface area contributed by atoms with Gasteiger partial charge in [-0.1, -0.05) is 20.8 Å². The highest BCUT2D eigenvalue weighted by molar-refractivity contribution is 5.82. The smallest absolute Gasteiger partial charge is 0.326 e. The van der Waals surface area contributed by atoms with Gasteiger partial charge in [-0.15, -0.1) is 0 Å². The first-order valence-corrected chi connectivity index (χ1v) is 7.43. The molecule has 1 saturated heterocycles. The molecule has 1 fully saturated rings. The molecule has 1 aliphatic heterocycles. The highest BCUT2D eigenvalue weighted by Gasteiger charge is 2.24. The summed E-state index contributed by atoms with van der Waals surface area (Å²) in [7, 11) is 0. The van der Waals surface area contributed by atoms with Gasteiger partial charge in [-0.2, -0.15) is 0 Å². The van der Waals surface area contributed by atoms with E-state index in [9.17, 15) is 9.59 Å². The molecule has 2 amide bonds. The lowest BCUT2D eigenvalue weighted by molar-refractivity contribution is -0.140. The van der Waals surface area contributed by atoms with Crippen molar-refractivity contribution >= 4 is 12.0 Å². The zero-order valence-electron chi connectivity index (χ0n) is 12.7. The summed E-state index contributed by atoms with van der Waals surface area (Å²) in [5, 5.41) is 14.3. The monoisotopic (exact) mass is 285 g/mol. The minimum absolute atomic E-state index is 0.133. The lowest BCUT2D eigenvalue weighted by Crippen LogP contribution is -2.50. The van der Waals surface area contributed by atoms with E-state index in [1.54, 1.807) is 13.8 Å². The largest absolute Gasteiger partial charge is 0.480 e. The van der Waals surface area contributed by atoms with Gasteiger partial charge in [0, 0.05) is 6.54 Å². The number of carbonyl (C=O) groups excluding carboxylic acids is 1. The molecule has 0 saturated carbocycles. The Morgan fingerprint density at radius 2 is 1.90 bits per heavy atom. The standard InChI is InChI=1S/C14H27N3O3/c1-4-17-7-5-11(6-8-17)9-15-14(20)16-12(10(2)3)13(18)19/h10-12H,4-9H2,1-3H3,(H,18,19)(H2,15,16,20)/t12-/m1/s1. The van der Waals surface area contributed by atoms with Gasteiger partial charge in [0.1, 0.15) is 6.04 Å². The summed E-state index contributed by atoms with van der Waals surface area (Å²) in [5.41, 5.74) is 0. The van der Waals surface area contributed by atoms with E-state index in [1.807, 2.05) is 0 Å². The first-order valence-electron chi connectivity index (χ1n) is 7.43. The zero-order valence-corrected chi connectivity index (χ0v) is 12.7. The van der Waals surface area contributed by atoms with Gasteiger partial charge >= 0.3 is 12.0 Å². The molecule has 1 heterocycles. The van der Waals surface area contributed by atoms with Crippen LogP contribution in [0.1, 0.15) is 33.6 Å². The number of urea groups is 1. The average Bonchev–Trinajstić information content (AvgIpc) is 2.42. The molecule has 1 aliphatic rings. The normalized spacial score (nSPS) is 18.8. The Morgan fingerprint density at radius 1 is 1.30 bits per heavy atom. The van der Waals surface area contributed by atoms with Crippen LogP contribution in [-0.2, 0) is 4.79 Å². The minimum Gasteiger partial charge on any atom is -0.480 e. The van der Waals surface area contributed by atoms with E-state index in [2.05, 4.69) is 22.5 Å². The number of nitrogens with zero attached hydrogens (tertiary/aromatic N) is 1. The Kier molecular flexibility index (Phi) is 6.78. The summed E-state index contributed by atoms with van der Waals surface area (Å²) in [6, 6.07) is -1.22. The van der Waals surface area contributed by atoms with Gasteiger partial charge < -0.3 is 20.6 Å². The number of likely N-dealkylation sites (tertiary alicyclic amines) is 1. The summed E-state index contributed by atoms with van der Waals surface area (Å²) in [6.45, 7) is 9.56. The number of amides is 2. The number of carboxylic acid groups (broad SMARTS) is 1. The Bertz CT molecular complexity index is 326. The molecule has 20 heavy (non-hydrogen) atoms. The topological polar surface area (TPSA) is 81.7 Å². The average molecular weight is 285 g/mol. The molecule has 1 rings (SSSR count). The second-order valence-corrected chi connectivity index (χ2v) is 5.79. The van der Waals surface area contributed by atoms with Crippen molar-refractivity contribution in [3.05, 3.63) is 0 Å². The quantitative estimate of drug-likeness (QED) is 0.683. The Morgan fingerprint density at radius 3 is 2.35 bits per heavy atom. The molecule has 6 nitrogen and oxygen atoms in total. The molecule has 1 atom stereocenters. The fourth-order valence-corrected chi connectivity index (χ4v) is 2.45. The van der Waals surface area contributed by atoms with E-state index in [1.165, 1.54) is 0 Å². The molecular weight excluding hydrogens is 258 g/mol. The summed E-state index contributed by atoms with van der Waals surface area (Å²) in [6.07, 6.45) is 2.17. The Balaban J connectivity index is 2.28. The van der Waals surface area contributed by atoms with Crippen LogP contribution < -0.4 is 10.6 Å². The number of piperidine rings is 1. The van der Waals surface area contributed by atoms with E-state index in [-0.39, 0.29) is 11.9 Å². The number of rotatable bonds is 6. The first-order chi connectivity index (χ1) is 9.43. The van der Waals surface area contributed by atoms with E-state index >= 15 is 0 Å². The van der Waals surface area contributed by atoms with Gasteiger partial charge in [-0.05, 0) is 44.3 Å². The number of hydrogen-bond acceptors (Lipinski definition) is 3. The number of carboxylic acids is 1. The highest BCUT2D eigenvalue weighted by atomic mass is 16.4. The molecule has 0 radical (unpaired) electrons. The van der Waals surface area contributed by atoms with Crippen molar-refractivity contribution in [1.82, 2.24) is 15.5 Å². The summed E-state index contributed by atoms with van der Waals surface area (Å²) in [4.78, 5) is 25.1. The van der Waals surface area contributed by atoms with Crippen LogP contribution in [0.15, 0.2) is 0 Å². The lowest BCUT2D eigenvalue weighted by Gasteiger charge is -2.31. The van der Waals surface area contributed by atoms with E-state index < -0.39 is 12.0 Å². The molecule has 0 aromatic carbocycles. The second-order valence-electron chi connectivity index (χ2n) is 5.79. The Hall–Kier alpha value is -1.30. The fourth-order valence-electron chi connectivity index (χ4n) is 2.45. The van der Waals surface area contributed by atoms with Crippen molar-refractivity contribution in [2.24, 2.45) is 11.8 Å². The number of carbonyl (C=O) groups is 2. The van der Waals surface area contributed by atoms with E-state index in [4.69, 9.17) is 5.11 Å². The van der Waals surface area contributed by atoms with Crippen LogP contribution in [0.5, 0.6) is 0 Å². The maximum absolute atomic E-state index is 11.7. The van der Waals surface area contributed by atoms with Crippen LogP contribution in [0, 0.1) is 11.8 Å². The van der Waals surface area contributed by atoms with Crippen molar-refractivity contribution in [2.75, 3.05) is 26.2 Å². The third-order valence-corrected chi connectivity index (χ3v) is 3.92. The van der Waals surface area contributed by atoms with Crippen molar-refractivity contribution in [2.45, 2.75) is 39.7 Å². The SMILES string of the molecule is CCN1CCC(CNC(=O)N[C@@H](C(=O)O)C(C)C)CC1. The molecular formula is C14H27N3O3. The summed E-state index contributed by atoms with van der Waals surface area (Å²) >= 11 is 0. The van der Waals surface area contributed by atoms with Crippen molar-refractivity contribution in [3.8, 4) is 0 Å². The minimum atomic E-state index is -0.994. The van der Waals surface area contributed by atoms with Crippen molar-refractivity contribution in [1.29, 1.82) is 0 Å². The molecule has 0 aliphatic carbocycles. The highest BCUT2D eigenvalue weighted by Crippen LogP contribution is 2.15. The third-order valence-electron chi connectivity index (χ3n) is 3.92. The van der Waals surface area contributed by atoms with E-state index in [0.717, 1.165) is 32.5 Å². The van der Waals surface area contributed by atoms with Gasteiger partial charge in [0.05, 0.1) is 0 Å². The van der Waals surface area contributed by atoms with Crippen LogP contribution in [-0.4, -0.2) is 54.2 Å². The third kappa shape index (κ3) is 5.36. The van der Waals surface area contributed by atoms with Gasteiger partial charge in [-0.25, -0.2) is 9.59 Å². The molecule has 6 heteroatoms. The van der Waals surface area contributed by atoms with Gasteiger partial charge in [0.25, 0.3) is 0 Å². The Labute approximate surface area is 120 Å². The number of nitrogens with one attached hydrogen (secondary N) is 2. The zero-order chi connectivity index (χ0) is 15.1. The second kappa shape index (κ2) is 8.09. The van der Waals surface area contributed by atoms with Crippen LogP contribution in [0.3, 0.4) is 0 Å². The van der Waals surface area contributed by atoms with Crippen LogP contribution >= 0.6 is 0 Å². The molecule has 0 aromatic rings. The predicted octanol–water partition coefficient (Wildman–Crippen LogP) is 1.13. The van der Waals surface area contributed by atoms with Gasteiger partial charge in [-0.3, -0.25) is 0 Å². The molecule has 0 aromatic heterocycles. The van der Waals surface area contributed by atoms with Crippen molar-refractivity contribution < 1.29 is 14.7 Å². The molecule has 0 unspecified atom stereocenters. The lowest BCUT2D eigenvalue weighted by atomic mass is 9.97. The number of hydrogen-bond donors (Lipinski definition) is 3. The van der Waals surface area contributed by atoms with Gasteiger partial charge in [0.15, 0.2) is 0 Å². The maximum Gasteiger partial charge on any atom is 0.326 e. The molecule has 3 N–H and O–H groups in total. The molecule has 0 bridgehead atoms.